The summed E-state index contributed by atoms with van der Waals surface area (Å²) < 4.78 is 3.70. The second kappa shape index (κ2) is 5.56. The smallest absolute Gasteiger partial charge is 0.0827 e. The van der Waals surface area contributed by atoms with Crippen LogP contribution in [-0.4, -0.2) is 30.0 Å². The first-order chi connectivity index (χ1) is 8.31. The van der Waals surface area contributed by atoms with Crippen molar-refractivity contribution in [2.75, 3.05) is 0 Å². The molecule has 0 N–H and O–H groups in total. The molecule has 0 aliphatic carbocycles. The third-order valence-corrected chi connectivity index (χ3v) is 2.69. The third-order valence-electron chi connectivity index (χ3n) is 2.69. The van der Waals surface area contributed by atoms with Crippen LogP contribution in [0.4, 0.5) is 0 Å². The lowest BCUT2D eigenvalue weighted by atomic mass is 10.2. The summed E-state index contributed by atoms with van der Waals surface area (Å²) in [5.41, 5.74) is 2.10. The number of aryl methyl sites for hydroxylation is 4. The van der Waals surface area contributed by atoms with E-state index < -0.39 is 0 Å². The average Bonchev–Trinajstić information content (AvgIpc) is 2.97. The minimum absolute atomic E-state index is 0.873. The first-order valence-electron chi connectivity index (χ1n) is 6.09. The van der Waals surface area contributed by atoms with Crippen molar-refractivity contribution in [3.05, 3.63) is 23.8 Å². The molecule has 92 valence electrons. The van der Waals surface area contributed by atoms with E-state index in [2.05, 4.69) is 34.5 Å². The van der Waals surface area contributed by atoms with Crippen LogP contribution in [0.15, 0.2) is 12.4 Å². The topological polar surface area (TPSA) is 61.4 Å². The van der Waals surface area contributed by atoms with Crippen molar-refractivity contribution < 1.29 is 0 Å². The van der Waals surface area contributed by atoms with E-state index in [0.29, 0.717) is 0 Å². The van der Waals surface area contributed by atoms with Crippen LogP contribution in [-0.2, 0) is 25.9 Å². The molecule has 6 nitrogen and oxygen atoms in total. The average molecular weight is 234 g/mol. The maximum Gasteiger partial charge on any atom is 0.0827 e. The monoisotopic (exact) mass is 234 g/mol. The Morgan fingerprint density at radius 1 is 0.882 bits per heavy atom. The van der Waals surface area contributed by atoms with Gasteiger partial charge in [0.1, 0.15) is 0 Å². The van der Waals surface area contributed by atoms with Gasteiger partial charge >= 0.3 is 0 Å². The highest BCUT2D eigenvalue weighted by atomic mass is 15.4. The van der Waals surface area contributed by atoms with Crippen LogP contribution in [0.3, 0.4) is 0 Å². The molecule has 0 radical (unpaired) electrons. The minimum Gasteiger partial charge on any atom is -0.253 e. The van der Waals surface area contributed by atoms with E-state index in [1.54, 1.807) is 0 Å². The quantitative estimate of drug-likeness (QED) is 0.750. The van der Waals surface area contributed by atoms with Gasteiger partial charge in [-0.3, -0.25) is 9.36 Å². The molecule has 0 spiro atoms. The van der Waals surface area contributed by atoms with E-state index in [0.717, 1.165) is 43.7 Å². The van der Waals surface area contributed by atoms with E-state index in [-0.39, 0.29) is 0 Å². The number of rotatable bonds is 6. The molecular formula is C11H18N6. The number of hydrogen-bond acceptors (Lipinski definition) is 4. The van der Waals surface area contributed by atoms with E-state index in [1.165, 1.54) is 0 Å². The Kier molecular flexibility index (Phi) is 3.85. The summed E-state index contributed by atoms with van der Waals surface area (Å²) in [6.45, 7) is 5.86. The normalized spacial score (nSPS) is 10.9. The highest BCUT2D eigenvalue weighted by molar-refractivity contribution is 4.96. The van der Waals surface area contributed by atoms with Gasteiger partial charge in [0.25, 0.3) is 0 Å². The van der Waals surface area contributed by atoms with Gasteiger partial charge in [-0.05, 0) is 33.1 Å². The molecule has 0 aliphatic heterocycles. The molecule has 0 amide bonds. The number of nitrogens with zero attached hydrogens (tertiary/aromatic N) is 6. The first-order valence-corrected chi connectivity index (χ1v) is 6.09. The summed E-state index contributed by atoms with van der Waals surface area (Å²) in [6, 6.07) is 0. The molecule has 0 unspecified atom stereocenters. The standard InChI is InChI=1S/C11H18N6/c1-3-16-8-10(12-14-16)6-5-7-11-9-17(4-2)15-13-11/h8-9H,3-7H2,1-2H3. The predicted molar refractivity (Wildman–Crippen MR) is 63.4 cm³/mol. The van der Waals surface area contributed by atoms with Crippen molar-refractivity contribution in [2.24, 2.45) is 0 Å². The molecule has 0 atom stereocenters. The fourth-order valence-electron chi connectivity index (χ4n) is 1.67. The van der Waals surface area contributed by atoms with Gasteiger partial charge in [0, 0.05) is 25.5 Å². The molecule has 2 heterocycles. The molecule has 17 heavy (non-hydrogen) atoms. The molecule has 2 rings (SSSR count). The van der Waals surface area contributed by atoms with Gasteiger partial charge in [0.2, 0.25) is 0 Å². The lowest BCUT2D eigenvalue weighted by Crippen LogP contribution is -1.93. The van der Waals surface area contributed by atoms with Crippen molar-refractivity contribution in [3.63, 3.8) is 0 Å². The molecule has 0 aliphatic rings. The van der Waals surface area contributed by atoms with E-state index in [9.17, 15) is 0 Å². The van der Waals surface area contributed by atoms with Crippen LogP contribution in [0, 0.1) is 0 Å². The van der Waals surface area contributed by atoms with Crippen LogP contribution in [0.2, 0.25) is 0 Å². The molecule has 6 heteroatoms. The zero-order valence-electron chi connectivity index (χ0n) is 10.4. The van der Waals surface area contributed by atoms with Gasteiger partial charge in [-0.2, -0.15) is 0 Å². The van der Waals surface area contributed by atoms with Gasteiger partial charge in [0.05, 0.1) is 11.4 Å². The SMILES string of the molecule is CCn1cc(CCCc2cn(CC)nn2)nn1. The molecule has 0 saturated heterocycles. The van der Waals surface area contributed by atoms with E-state index >= 15 is 0 Å². The highest BCUT2D eigenvalue weighted by Crippen LogP contribution is 2.03. The van der Waals surface area contributed by atoms with Crippen LogP contribution in [0.1, 0.15) is 31.7 Å². The van der Waals surface area contributed by atoms with Gasteiger partial charge in [-0.15, -0.1) is 10.2 Å². The summed E-state index contributed by atoms with van der Waals surface area (Å²) >= 11 is 0. The third kappa shape index (κ3) is 3.12. The summed E-state index contributed by atoms with van der Waals surface area (Å²) in [5.74, 6) is 0. The summed E-state index contributed by atoms with van der Waals surface area (Å²) in [5, 5.41) is 16.2. The first kappa shape index (κ1) is 11.8. The van der Waals surface area contributed by atoms with Gasteiger partial charge in [-0.25, -0.2) is 0 Å². The Labute approximate surface area is 101 Å². The second-order valence-electron chi connectivity index (χ2n) is 3.98. The lowest BCUT2D eigenvalue weighted by Gasteiger charge is -1.94. The molecule has 0 aromatic carbocycles. The predicted octanol–water partition coefficient (Wildman–Crippen LogP) is 1.08. The van der Waals surface area contributed by atoms with Crippen molar-refractivity contribution in [1.29, 1.82) is 0 Å². The van der Waals surface area contributed by atoms with Crippen molar-refractivity contribution in [3.8, 4) is 0 Å². The summed E-state index contributed by atoms with van der Waals surface area (Å²) in [6.07, 6.45) is 6.93. The minimum atomic E-state index is 0.873. The summed E-state index contributed by atoms with van der Waals surface area (Å²) in [7, 11) is 0. The van der Waals surface area contributed by atoms with Crippen LogP contribution in [0.25, 0.3) is 0 Å². The Hall–Kier alpha value is -1.72. The number of hydrogen-bond donors (Lipinski definition) is 0. The maximum atomic E-state index is 4.11. The fourth-order valence-corrected chi connectivity index (χ4v) is 1.67. The van der Waals surface area contributed by atoms with Crippen LogP contribution >= 0.6 is 0 Å². The number of aromatic nitrogens is 6. The van der Waals surface area contributed by atoms with Crippen LogP contribution in [0.5, 0.6) is 0 Å². The molecule has 0 fully saturated rings. The maximum absolute atomic E-state index is 4.11. The molecule has 0 saturated carbocycles. The molecule has 0 bridgehead atoms. The van der Waals surface area contributed by atoms with Gasteiger partial charge in [0.15, 0.2) is 0 Å². The zero-order chi connectivity index (χ0) is 12.1. The molecular weight excluding hydrogens is 216 g/mol. The Bertz CT molecular complexity index is 416. The largest absolute Gasteiger partial charge is 0.253 e. The molecule has 2 aromatic rings. The Morgan fingerprint density at radius 3 is 1.71 bits per heavy atom. The Morgan fingerprint density at radius 2 is 1.35 bits per heavy atom. The van der Waals surface area contributed by atoms with Crippen LogP contribution < -0.4 is 0 Å². The van der Waals surface area contributed by atoms with Gasteiger partial charge in [-0.1, -0.05) is 10.4 Å². The zero-order valence-corrected chi connectivity index (χ0v) is 10.4. The Balaban J connectivity index is 1.79. The fraction of sp³-hybridized carbons (Fsp3) is 0.636. The van der Waals surface area contributed by atoms with E-state index in [4.69, 9.17) is 0 Å². The highest BCUT2D eigenvalue weighted by Gasteiger charge is 2.02. The van der Waals surface area contributed by atoms with Gasteiger partial charge < -0.3 is 0 Å². The van der Waals surface area contributed by atoms with Crippen molar-refractivity contribution in [2.45, 2.75) is 46.2 Å². The van der Waals surface area contributed by atoms with E-state index in [1.807, 2.05) is 21.8 Å². The lowest BCUT2D eigenvalue weighted by molar-refractivity contribution is 0.626. The summed E-state index contributed by atoms with van der Waals surface area (Å²) in [4.78, 5) is 0. The second-order valence-corrected chi connectivity index (χ2v) is 3.98. The van der Waals surface area contributed by atoms with Crippen molar-refractivity contribution >= 4 is 0 Å². The van der Waals surface area contributed by atoms with Crippen molar-refractivity contribution in [1.82, 2.24) is 30.0 Å². The molecule has 2 aromatic heterocycles.